The normalized spacial score (nSPS) is 21.4. The third kappa shape index (κ3) is 3.17. The quantitative estimate of drug-likeness (QED) is 0.825. The van der Waals surface area contributed by atoms with Crippen LogP contribution in [0.1, 0.15) is 42.7 Å². The van der Waals surface area contributed by atoms with Gasteiger partial charge < -0.3 is 14.3 Å². The van der Waals surface area contributed by atoms with Gasteiger partial charge in [-0.2, -0.15) is 0 Å². The Morgan fingerprint density at radius 2 is 1.96 bits per heavy atom. The fraction of sp³-hybridized carbons (Fsp3) is 0.722. The zero-order chi connectivity index (χ0) is 18.2. The van der Waals surface area contributed by atoms with Crippen LogP contribution in [0.2, 0.25) is 0 Å². The molecule has 3 rings (SSSR count). The first-order valence-corrected chi connectivity index (χ1v) is 9.06. The summed E-state index contributed by atoms with van der Waals surface area (Å²) in [5, 5.41) is 3.79. The molecular formula is C18H28N4O3. The first-order chi connectivity index (χ1) is 11.8. The van der Waals surface area contributed by atoms with Crippen molar-refractivity contribution in [1.29, 1.82) is 0 Å². The average molecular weight is 348 g/mol. The fourth-order valence-electron chi connectivity index (χ4n) is 4.00. The number of piperazine rings is 1. The Hall–Kier alpha value is -1.89. The molecule has 1 aromatic heterocycles. The number of rotatable bonds is 3. The molecule has 25 heavy (non-hydrogen) atoms. The van der Waals surface area contributed by atoms with E-state index in [1.165, 1.54) is 6.26 Å². The van der Waals surface area contributed by atoms with Crippen LogP contribution in [0.3, 0.4) is 0 Å². The number of likely N-dealkylation sites (tertiary alicyclic amines) is 1. The SMILES string of the molecule is Cc1nocc1C(=O)N1CCC2(CC1)C(=O)N(CC(C)C)CCN2C. The molecular weight excluding hydrogens is 320 g/mol. The zero-order valence-corrected chi connectivity index (χ0v) is 15.6. The number of carbonyl (C=O) groups excluding carboxylic acids is 2. The molecule has 7 nitrogen and oxygen atoms in total. The fourth-order valence-corrected chi connectivity index (χ4v) is 4.00. The molecule has 138 valence electrons. The highest BCUT2D eigenvalue weighted by molar-refractivity contribution is 5.95. The predicted molar refractivity (Wildman–Crippen MR) is 93.2 cm³/mol. The number of likely N-dealkylation sites (N-methyl/N-ethyl adjacent to an activating group) is 1. The van der Waals surface area contributed by atoms with Crippen molar-refractivity contribution in [2.75, 3.05) is 39.8 Å². The van der Waals surface area contributed by atoms with E-state index in [0.717, 1.165) is 19.6 Å². The molecule has 2 aliphatic heterocycles. The van der Waals surface area contributed by atoms with Crippen molar-refractivity contribution in [2.45, 2.75) is 39.2 Å². The number of hydrogen-bond acceptors (Lipinski definition) is 5. The third-order valence-corrected chi connectivity index (χ3v) is 5.57. The molecule has 0 bridgehead atoms. The summed E-state index contributed by atoms with van der Waals surface area (Å²) in [6.45, 7) is 9.68. The summed E-state index contributed by atoms with van der Waals surface area (Å²) in [5.41, 5.74) is 0.660. The maximum atomic E-state index is 13.2. The van der Waals surface area contributed by atoms with Crippen molar-refractivity contribution in [1.82, 2.24) is 19.9 Å². The van der Waals surface area contributed by atoms with Crippen LogP contribution in [-0.2, 0) is 4.79 Å². The molecule has 0 radical (unpaired) electrons. The van der Waals surface area contributed by atoms with Gasteiger partial charge in [0.25, 0.3) is 5.91 Å². The smallest absolute Gasteiger partial charge is 0.259 e. The zero-order valence-electron chi connectivity index (χ0n) is 15.6. The lowest BCUT2D eigenvalue weighted by atomic mass is 9.82. The van der Waals surface area contributed by atoms with Crippen molar-refractivity contribution >= 4 is 11.8 Å². The van der Waals surface area contributed by atoms with E-state index in [1.54, 1.807) is 6.92 Å². The van der Waals surface area contributed by atoms with Gasteiger partial charge in [-0.15, -0.1) is 0 Å². The van der Waals surface area contributed by atoms with Gasteiger partial charge in [-0.3, -0.25) is 14.5 Å². The average Bonchev–Trinajstić information content (AvgIpc) is 3.01. The molecule has 0 N–H and O–H groups in total. The van der Waals surface area contributed by atoms with E-state index >= 15 is 0 Å². The summed E-state index contributed by atoms with van der Waals surface area (Å²) in [6.07, 6.45) is 2.75. The summed E-state index contributed by atoms with van der Waals surface area (Å²) in [5.74, 6) is 0.629. The molecule has 2 amide bonds. The van der Waals surface area contributed by atoms with Gasteiger partial charge in [0.05, 0.1) is 5.69 Å². The van der Waals surface area contributed by atoms with Crippen LogP contribution in [0.15, 0.2) is 10.8 Å². The predicted octanol–water partition coefficient (Wildman–Crippen LogP) is 1.39. The molecule has 7 heteroatoms. The summed E-state index contributed by atoms with van der Waals surface area (Å²) in [6, 6.07) is 0. The number of piperidine rings is 1. The molecule has 2 fully saturated rings. The lowest BCUT2D eigenvalue weighted by molar-refractivity contribution is -0.154. The Morgan fingerprint density at radius 3 is 2.52 bits per heavy atom. The topological polar surface area (TPSA) is 69.9 Å². The van der Waals surface area contributed by atoms with Crippen LogP contribution in [-0.4, -0.2) is 77.0 Å². The standard InChI is InChI=1S/C18H28N4O3/c1-13(2)11-22-10-9-20(4)18(17(22)24)5-7-21(8-6-18)16(23)15-12-25-19-14(15)3/h12-13H,5-11H2,1-4H3. The lowest BCUT2D eigenvalue weighted by Crippen LogP contribution is -2.68. The maximum Gasteiger partial charge on any atom is 0.259 e. The van der Waals surface area contributed by atoms with E-state index < -0.39 is 5.54 Å². The molecule has 0 saturated carbocycles. The van der Waals surface area contributed by atoms with E-state index in [9.17, 15) is 9.59 Å². The molecule has 2 saturated heterocycles. The molecule has 0 aromatic carbocycles. The molecule has 1 spiro atoms. The Kier molecular flexibility index (Phi) is 4.86. The van der Waals surface area contributed by atoms with E-state index in [-0.39, 0.29) is 11.8 Å². The van der Waals surface area contributed by atoms with Gasteiger partial charge in [-0.1, -0.05) is 19.0 Å². The van der Waals surface area contributed by atoms with Gasteiger partial charge in [0.1, 0.15) is 17.4 Å². The number of carbonyl (C=O) groups is 2. The Bertz CT molecular complexity index is 647. The van der Waals surface area contributed by atoms with Crippen LogP contribution < -0.4 is 0 Å². The number of hydrogen-bond donors (Lipinski definition) is 0. The molecule has 0 unspecified atom stereocenters. The highest BCUT2D eigenvalue weighted by atomic mass is 16.5. The highest BCUT2D eigenvalue weighted by Gasteiger charge is 2.49. The van der Waals surface area contributed by atoms with Crippen molar-refractivity contribution in [2.24, 2.45) is 5.92 Å². The van der Waals surface area contributed by atoms with E-state index in [4.69, 9.17) is 4.52 Å². The van der Waals surface area contributed by atoms with Crippen LogP contribution in [0, 0.1) is 12.8 Å². The van der Waals surface area contributed by atoms with Crippen LogP contribution >= 0.6 is 0 Å². The van der Waals surface area contributed by atoms with Gasteiger partial charge >= 0.3 is 0 Å². The summed E-state index contributed by atoms with van der Waals surface area (Å²) in [4.78, 5) is 31.8. The Morgan fingerprint density at radius 1 is 1.28 bits per heavy atom. The van der Waals surface area contributed by atoms with Gasteiger partial charge in [0.15, 0.2) is 0 Å². The first kappa shape index (κ1) is 17.9. The molecule has 0 aliphatic carbocycles. The third-order valence-electron chi connectivity index (χ3n) is 5.57. The van der Waals surface area contributed by atoms with E-state index in [0.29, 0.717) is 43.1 Å². The van der Waals surface area contributed by atoms with Gasteiger partial charge in [0.2, 0.25) is 5.91 Å². The minimum Gasteiger partial charge on any atom is -0.364 e. The van der Waals surface area contributed by atoms with E-state index in [2.05, 4.69) is 23.9 Å². The summed E-state index contributed by atoms with van der Waals surface area (Å²) >= 11 is 0. The lowest BCUT2D eigenvalue weighted by Gasteiger charge is -2.51. The monoisotopic (exact) mass is 348 g/mol. The molecule has 1 aromatic rings. The minimum absolute atomic E-state index is 0.0569. The van der Waals surface area contributed by atoms with Crippen LogP contribution in [0.4, 0.5) is 0 Å². The number of aromatic nitrogens is 1. The van der Waals surface area contributed by atoms with Crippen molar-refractivity contribution in [3.8, 4) is 0 Å². The molecule has 3 heterocycles. The first-order valence-electron chi connectivity index (χ1n) is 9.06. The van der Waals surface area contributed by atoms with Crippen LogP contribution in [0.25, 0.3) is 0 Å². The van der Waals surface area contributed by atoms with Crippen molar-refractivity contribution in [3.63, 3.8) is 0 Å². The molecule has 0 atom stereocenters. The second-order valence-corrected chi connectivity index (χ2v) is 7.70. The van der Waals surface area contributed by atoms with Gasteiger partial charge in [-0.05, 0) is 32.7 Å². The van der Waals surface area contributed by atoms with Crippen molar-refractivity contribution < 1.29 is 14.1 Å². The Balaban J connectivity index is 1.71. The maximum absolute atomic E-state index is 13.2. The van der Waals surface area contributed by atoms with Gasteiger partial charge in [-0.25, -0.2) is 0 Å². The second kappa shape index (κ2) is 6.78. The van der Waals surface area contributed by atoms with Gasteiger partial charge in [0, 0.05) is 32.7 Å². The second-order valence-electron chi connectivity index (χ2n) is 7.70. The van der Waals surface area contributed by atoms with Crippen LogP contribution in [0.5, 0.6) is 0 Å². The summed E-state index contributed by atoms with van der Waals surface area (Å²) < 4.78 is 4.89. The minimum atomic E-state index is -0.465. The van der Waals surface area contributed by atoms with E-state index in [1.807, 2.05) is 16.8 Å². The number of amides is 2. The largest absolute Gasteiger partial charge is 0.364 e. The Labute approximate surface area is 148 Å². The number of aryl methyl sites for hydroxylation is 1. The highest BCUT2D eigenvalue weighted by Crippen LogP contribution is 2.33. The summed E-state index contributed by atoms with van der Waals surface area (Å²) in [7, 11) is 2.03. The number of nitrogens with zero attached hydrogens (tertiary/aromatic N) is 4. The molecule has 2 aliphatic rings. The van der Waals surface area contributed by atoms with Crippen molar-refractivity contribution in [3.05, 3.63) is 17.5 Å².